The van der Waals surface area contributed by atoms with Gasteiger partial charge in [0.25, 0.3) is 0 Å². The van der Waals surface area contributed by atoms with Gasteiger partial charge in [-0.1, -0.05) is 18.2 Å². The molecule has 0 radical (unpaired) electrons. The van der Waals surface area contributed by atoms with Gasteiger partial charge < -0.3 is 15.6 Å². The minimum absolute atomic E-state index is 0.164. The number of primary amides is 1. The van der Waals surface area contributed by atoms with Crippen LogP contribution in [0.2, 0.25) is 0 Å². The summed E-state index contributed by atoms with van der Waals surface area (Å²) < 4.78 is 1.99. The summed E-state index contributed by atoms with van der Waals surface area (Å²) in [5.41, 5.74) is 10.8. The highest BCUT2D eigenvalue weighted by molar-refractivity contribution is 5.94. The van der Waals surface area contributed by atoms with E-state index in [0.717, 1.165) is 16.8 Å². The molecule has 5 rings (SSSR count). The van der Waals surface area contributed by atoms with Gasteiger partial charge >= 0.3 is 0 Å². The van der Waals surface area contributed by atoms with Crippen LogP contribution in [0.25, 0.3) is 33.8 Å². The highest BCUT2D eigenvalue weighted by atomic mass is 16.1. The smallest absolute Gasteiger partial charge is 0.248 e. The summed E-state index contributed by atoms with van der Waals surface area (Å²) in [4.78, 5) is 34.5. The quantitative estimate of drug-likeness (QED) is 0.369. The predicted molar refractivity (Wildman–Crippen MR) is 134 cm³/mol. The zero-order valence-corrected chi connectivity index (χ0v) is 19.4. The molecule has 174 valence electrons. The van der Waals surface area contributed by atoms with Gasteiger partial charge in [-0.05, 0) is 49.7 Å². The first-order valence-electron chi connectivity index (χ1n) is 11.2. The summed E-state index contributed by atoms with van der Waals surface area (Å²) >= 11 is 0. The summed E-state index contributed by atoms with van der Waals surface area (Å²) in [5, 5.41) is 3.39. The Morgan fingerprint density at radius 2 is 1.89 bits per heavy atom. The lowest BCUT2D eigenvalue weighted by Gasteiger charge is -2.12. The average Bonchev–Trinajstić information content (AvgIpc) is 3.33. The number of fused-ring (bicyclic) bond motifs is 1. The third-order valence-electron chi connectivity index (χ3n) is 5.63. The first kappa shape index (κ1) is 22.1. The number of nitrogens with one attached hydrogen (secondary N) is 1. The number of imidazole rings is 1. The van der Waals surface area contributed by atoms with Gasteiger partial charge in [-0.2, -0.15) is 0 Å². The van der Waals surface area contributed by atoms with Crippen LogP contribution in [0.15, 0.2) is 73.4 Å². The van der Waals surface area contributed by atoms with Crippen molar-refractivity contribution in [3.63, 3.8) is 0 Å². The molecule has 35 heavy (non-hydrogen) atoms. The Bertz CT molecular complexity index is 1490. The molecular formula is C26H24N8O. The summed E-state index contributed by atoms with van der Waals surface area (Å²) in [5.74, 6) is 0.585. The molecule has 0 aliphatic heterocycles. The Hall–Kier alpha value is -4.66. The zero-order valence-electron chi connectivity index (χ0n) is 19.4. The molecule has 5 aromatic rings. The van der Waals surface area contributed by atoms with E-state index in [1.165, 1.54) is 0 Å². The molecule has 0 saturated carbocycles. The molecule has 9 nitrogen and oxygen atoms in total. The molecule has 9 heteroatoms. The van der Waals surface area contributed by atoms with E-state index in [0.29, 0.717) is 40.5 Å². The molecule has 1 amide bonds. The maximum atomic E-state index is 11.7. The van der Waals surface area contributed by atoms with Crippen molar-refractivity contribution in [1.82, 2.24) is 29.5 Å². The van der Waals surface area contributed by atoms with Crippen molar-refractivity contribution in [3.05, 3.63) is 84.6 Å². The number of hydrogen-bond donors (Lipinski definition) is 2. The summed E-state index contributed by atoms with van der Waals surface area (Å²) in [7, 11) is 0. The SMILES string of the molecule is CC(C)n1cnc2c(NCc3ccc(-c4cccnc4)nc3)nc(-c3cccc(C(N)=O)c3)nc21. The van der Waals surface area contributed by atoms with Crippen molar-refractivity contribution in [2.45, 2.75) is 26.4 Å². The molecule has 3 N–H and O–H groups in total. The van der Waals surface area contributed by atoms with Crippen molar-refractivity contribution in [2.24, 2.45) is 5.73 Å². The number of nitrogens with two attached hydrogens (primary N) is 1. The minimum Gasteiger partial charge on any atom is -0.366 e. The van der Waals surface area contributed by atoms with Gasteiger partial charge in [0.1, 0.15) is 5.52 Å². The van der Waals surface area contributed by atoms with Crippen LogP contribution in [0.4, 0.5) is 5.82 Å². The minimum atomic E-state index is -0.499. The zero-order chi connectivity index (χ0) is 24.4. The van der Waals surface area contributed by atoms with E-state index < -0.39 is 5.91 Å². The topological polar surface area (TPSA) is 125 Å². The monoisotopic (exact) mass is 464 g/mol. The van der Waals surface area contributed by atoms with Crippen LogP contribution in [0.1, 0.15) is 35.8 Å². The number of benzene rings is 1. The van der Waals surface area contributed by atoms with E-state index in [1.807, 2.05) is 41.1 Å². The Labute approximate surface area is 202 Å². The van der Waals surface area contributed by atoms with Gasteiger partial charge in [0.05, 0.1) is 12.0 Å². The number of rotatable bonds is 7. The molecular weight excluding hydrogens is 440 g/mol. The van der Waals surface area contributed by atoms with Crippen molar-refractivity contribution < 1.29 is 4.79 Å². The molecule has 0 bridgehead atoms. The van der Waals surface area contributed by atoms with E-state index >= 15 is 0 Å². The van der Waals surface area contributed by atoms with Crippen LogP contribution in [-0.4, -0.2) is 35.4 Å². The summed E-state index contributed by atoms with van der Waals surface area (Å²) in [6, 6.07) is 15.0. The van der Waals surface area contributed by atoms with E-state index in [9.17, 15) is 4.79 Å². The summed E-state index contributed by atoms with van der Waals surface area (Å²) in [6.45, 7) is 4.64. The molecule has 0 unspecified atom stereocenters. The number of nitrogens with zero attached hydrogens (tertiary/aromatic N) is 6. The Morgan fingerprint density at radius 1 is 1.03 bits per heavy atom. The van der Waals surface area contributed by atoms with Crippen molar-refractivity contribution in [3.8, 4) is 22.6 Å². The second kappa shape index (κ2) is 9.30. The molecule has 4 heterocycles. The fourth-order valence-corrected chi connectivity index (χ4v) is 3.76. The van der Waals surface area contributed by atoms with Crippen LogP contribution < -0.4 is 11.1 Å². The maximum absolute atomic E-state index is 11.7. The Kier molecular flexibility index (Phi) is 5.88. The third kappa shape index (κ3) is 4.56. The number of pyridine rings is 2. The molecule has 0 aliphatic rings. The lowest BCUT2D eigenvalue weighted by molar-refractivity contribution is 0.100. The standard InChI is InChI=1S/C26H24N8O/c1-16(2)34-15-31-22-25(30-13-17-8-9-21(29-12-17)20-7-4-10-28-14-20)32-24(33-26(22)34)19-6-3-5-18(11-19)23(27)35/h3-12,14-16H,13H2,1-2H3,(H2,27,35)(H,30,32,33). The van der Waals surface area contributed by atoms with Gasteiger partial charge in [0.2, 0.25) is 5.91 Å². The van der Waals surface area contributed by atoms with E-state index in [4.69, 9.17) is 15.7 Å². The number of amides is 1. The first-order valence-corrected chi connectivity index (χ1v) is 11.2. The fraction of sp³-hybridized carbons (Fsp3) is 0.154. The van der Waals surface area contributed by atoms with Crippen LogP contribution in [0, 0.1) is 0 Å². The fourth-order valence-electron chi connectivity index (χ4n) is 3.76. The van der Waals surface area contributed by atoms with Gasteiger partial charge in [-0.3, -0.25) is 14.8 Å². The lowest BCUT2D eigenvalue weighted by atomic mass is 10.1. The molecule has 1 aromatic carbocycles. The lowest BCUT2D eigenvalue weighted by Crippen LogP contribution is -2.11. The molecule has 4 aromatic heterocycles. The van der Waals surface area contributed by atoms with Crippen molar-refractivity contribution in [2.75, 3.05) is 5.32 Å². The normalized spacial score (nSPS) is 11.2. The number of carbonyl (C=O) groups is 1. The second-order valence-corrected chi connectivity index (χ2v) is 8.41. The van der Waals surface area contributed by atoms with Crippen molar-refractivity contribution in [1.29, 1.82) is 0 Å². The number of hydrogen-bond acceptors (Lipinski definition) is 7. The molecule has 0 atom stereocenters. The average molecular weight is 465 g/mol. The largest absolute Gasteiger partial charge is 0.366 e. The number of aromatic nitrogens is 6. The van der Waals surface area contributed by atoms with E-state index in [2.05, 4.69) is 34.1 Å². The highest BCUT2D eigenvalue weighted by Gasteiger charge is 2.16. The Morgan fingerprint density at radius 3 is 2.60 bits per heavy atom. The van der Waals surface area contributed by atoms with Crippen LogP contribution in [-0.2, 0) is 6.54 Å². The van der Waals surface area contributed by atoms with Crippen LogP contribution >= 0.6 is 0 Å². The van der Waals surface area contributed by atoms with Crippen LogP contribution in [0.5, 0.6) is 0 Å². The maximum Gasteiger partial charge on any atom is 0.248 e. The van der Waals surface area contributed by atoms with Crippen molar-refractivity contribution >= 4 is 22.9 Å². The number of anilines is 1. The Balaban J connectivity index is 1.48. The molecule has 0 spiro atoms. The number of carbonyl (C=O) groups excluding carboxylic acids is 1. The first-order chi connectivity index (χ1) is 17.0. The van der Waals surface area contributed by atoms with Gasteiger partial charge in [0, 0.05) is 47.9 Å². The third-order valence-corrected chi connectivity index (χ3v) is 5.63. The van der Waals surface area contributed by atoms with Gasteiger partial charge in [-0.25, -0.2) is 15.0 Å². The predicted octanol–water partition coefficient (Wildman–Crippen LogP) is 4.24. The second-order valence-electron chi connectivity index (χ2n) is 8.41. The van der Waals surface area contributed by atoms with Gasteiger partial charge in [-0.15, -0.1) is 0 Å². The summed E-state index contributed by atoms with van der Waals surface area (Å²) in [6.07, 6.45) is 7.13. The van der Waals surface area contributed by atoms with Gasteiger partial charge in [0.15, 0.2) is 17.3 Å². The van der Waals surface area contributed by atoms with E-state index in [-0.39, 0.29) is 6.04 Å². The van der Waals surface area contributed by atoms with Crippen LogP contribution in [0.3, 0.4) is 0 Å². The van der Waals surface area contributed by atoms with E-state index in [1.54, 1.807) is 36.9 Å². The molecule has 0 fully saturated rings. The molecule has 0 saturated heterocycles. The highest BCUT2D eigenvalue weighted by Crippen LogP contribution is 2.27. The molecule has 0 aliphatic carbocycles.